The molecule has 0 bridgehead atoms. The lowest BCUT2D eigenvalue weighted by atomic mass is 9.93. The summed E-state index contributed by atoms with van der Waals surface area (Å²) in [5.41, 5.74) is 2.33. The van der Waals surface area contributed by atoms with Gasteiger partial charge in [-0.3, -0.25) is 24.7 Å². The van der Waals surface area contributed by atoms with Gasteiger partial charge in [0.15, 0.2) is 11.6 Å². The first-order valence-electron chi connectivity index (χ1n) is 11.6. The normalized spacial score (nSPS) is 20.4. The Morgan fingerprint density at radius 1 is 1.00 bits per heavy atom. The van der Waals surface area contributed by atoms with Crippen LogP contribution in [0.4, 0.5) is 13.6 Å². The van der Waals surface area contributed by atoms with Crippen molar-refractivity contribution in [2.75, 3.05) is 32.7 Å². The Labute approximate surface area is 207 Å². The van der Waals surface area contributed by atoms with Crippen molar-refractivity contribution in [3.05, 3.63) is 71.3 Å². The van der Waals surface area contributed by atoms with Crippen molar-refractivity contribution in [1.29, 1.82) is 0 Å². The van der Waals surface area contributed by atoms with E-state index in [1.165, 1.54) is 11.0 Å². The van der Waals surface area contributed by atoms with Gasteiger partial charge in [0.2, 0.25) is 0 Å². The number of halogens is 2. The Balaban J connectivity index is 1.26. The van der Waals surface area contributed by atoms with Gasteiger partial charge >= 0.3 is 6.03 Å². The van der Waals surface area contributed by atoms with E-state index in [2.05, 4.69) is 10.7 Å². The molecule has 2 N–H and O–H groups in total. The summed E-state index contributed by atoms with van der Waals surface area (Å²) in [6, 6.07) is 11.9. The highest BCUT2D eigenvalue weighted by Gasteiger charge is 2.48. The predicted molar refractivity (Wildman–Crippen MR) is 125 cm³/mol. The molecule has 11 heteroatoms. The van der Waals surface area contributed by atoms with Crippen molar-refractivity contribution in [3.8, 4) is 0 Å². The standard InChI is InChI=1S/C25H27F2N5O4/c1-25(10-9-17-5-3-2-4-6-17)23(35)32(24(36)28-25)29-21(33)16-30-11-13-31(14-12-30)22(34)18-7-8-19(26)20(27)15-18/h2-8,15H,9-14,16H2,1H3,(H,28,36)(H,29,33). The number of urea groups is 1. The summed E-state index contributed by atoms with van der Waals surface area (Å²) < 4.78 is 26.6. The molecule has 0 spiro atoms. The highest BCUT2D eigenvalue weighted by molar-refractivity contribution is 6.07. The highest BCUT2D eigenvalue weighted by atomic mass is 19.2. The molecule has 4 rings (SSSR count). The van der Waals surface area contributed by atoms with Crippen LogP contribution >= 0.6 is 0 Å². The minimum atomic E-state index is -1.13. The molecule has 2 heterocycles. The molecule has 0 aromatic heterocycles. The highest BCUT2D eigenvalue weighted by Crippen LogP contribution is 2.22. The lowest BCUT2D eigenvalue weighted by molar-refractivity contribution is -0.139. The van der Waals surface area contributed by atoms with Gasteiger partial charge in [0.1, 0.15) is 5.54 Å². The van der Waals surface area contributed by atoms with E-state index in [-0.39, 0.29) is 25.2 Å². The average Bonchev–Trinajstić information content (AvgIpc) is 3.08. The van der Waals surface area contributed by atoms with E-state index in [9.17, 15) is 28.0 Å². The van der Waals surface area contributed by atoms with E-state index >= 15 is 0 Å². The summed E-state index contributed by atoms with van der Waals surface area (Å²) in [5.74, 6) is -3.60. The first-order valence-corrected chi connectivity index (χ1v) is 11.6. The number of hydrazine groups is 1. The van der Waals surface area contributed by atoms with Crippen molar-refractivity contribution in [2.24, 2.45) is 0 Å². The summed E-state index contributed by atoms with van der Waals surface area (Å²) in [6.45, 7) is 2.84. The predicted octanol–water partition coefficient (Wildman–Crippen LogP) is 1.70. The second kappa shape index (κ2) is 10.4. The van der Waals surface area contributed by atoms with Crippen molar-refractivity contribution >= 4 is 23.8 Å². The molecule has 2 aromatic carbocycles. The molecule has 5 amide bonds. The van der Waals surface area contributed by atoms with Gasteiger partial charge in [-0.15, -0.1) is 0 Å². The number of hydrogen-bond donors (Lipinski definition) is 2. The Morgan fingerprint density at radius 3 is 2.36 bits per heavy atom. The largest absolute Gasteiger partial charge is 0.344 e. The third kappa shape index (κ3) is 5.51. The maximum absolute atomic E-state index is 13.4. The van der Waals surface area contributed by atoms with Crippen LogP contribution in [-0.2, 0) is 16.0 Å². The topological polar surface area (TPSA) is 102 Å². The fraction of sp³-hybridized carbons (Fsp3) is 0.360. The van der Waals surface area contributed by atoms with Crippen LogP contribution in [0.25, 0.3) is 0 Å². The number of nitrogens with zero attached hydrogens (tertiary/aromatic N) is 3. The number of aryl methyl sites for hydroxylation is 1. The Hall–Kier alpha value is -3.86. The number of amides is 5. The molecule has 2 aliphatic rings. The van der Waals surface area contributed by atoms with Crippen LogP contribution in [-0.4, -0.2) is 76.8 Å². The monoisotopic (exact) mass is 499 g/mol. The van der Waals surface area contributed by atoms with Crippen LogP contribution in [0.3, 0.4) is 0 Å². The fourth-order valence-corrected chi connectivity index (χ4v) is 4.28. The smallest absolute Gasteiger partial charge is 0.336 e. The van der Waals surface area contributed by atoms with E-state index in [1.807, 2.05) is 30.3 Å². The quantitative estimate of drug-likeness (QED) is 0.565. The third-order valence-electron chi connectivity index (χ3n) is 6.45. The van der Waals surface area contributed by atoms with Crippen LogP contribution in [0.5, 0.6) is 0 Å². The Kier molecular flexibility index (Phi) is 7.30. The second-order valence-corrected chi connectivity index (χ2v) is 9.12. The summed E-state index contributed by atoms with van der Waals surface area (Å²) in [5, 5.41) is 3.38. The molecule has 2 aliphatic heterocycles. The van der Waals surface area contributed by atoms with Crippen molar-refractivity contribution in [3.63, 3.8) is 0 Å². The lowest BCUT2D eigenvalue weighted by Gasteiger charge is -2.34. The lowest BCUT2D eigenvalue weighted by Crippen LogP contribution is -2.54. The molecule has 2 saturated heterocycles. The van der Waals surface area contributed by atoms with Crippen LogP contribution in [0.15, 0.2) is 48.5 Å². The van der Waals surface area contributed by atoms with E-state index in [4.69, 9.17) is 0 Å². The number of benzene rings is 2. The molecular weight excluding hydrogens is 472 g/mol. The van der Waals surface area contributed by atoms with Crippen molar-refractivity contribution < 1.29 is 28.0 Å². The maximum atomic E-state index is 13.4. The summed E-state index contributed by atoms with van der Waals surface area (Å²) in [7, 11) is 0. The molecule has 9 nitrogen and oxygen atoms in total. The number of rotatable bonds is 7. The van der Waals surface area contributed by atoms with Crippen LogP contribution in [0.2, 0.25) is 0 Å². The molecule has 36 heavy (non-hydrogen) atoms. The molecule has 0 radical (unpaired) electrons. The molecule has 0 aliphatic carbocycles. The second-order valence-electron chi connectivity index (χ2n) is 9.12. The maximum Gasteiger partial charge on any atom is 0.344 e. The molecule has 2 fully saturated rings. The SMILES string of the molecule is CC1(CCc2ccccc2)NC(=O)N(NC(=O)CN2CCN(C(=O)c3ccc(F)c(F)c3)CC2)C1=O. The number of imide groups is 1. The van der Waals surface area contributed by atoms with Crippen molar-refractivity contribution in [2.45, 2.75) is 25.3 Å². The van der Waals surface area contributed by atoms with E-state index < -0.39 is 40.9 Å². The molecule has 2 aromatic rings. The van der Waals surface area contributed by atoms with Crippen molar-refractivity contribution in [1.82, 2.24) is 25.6 Å². The number of piperazine rings is 1. The van der Waals surface area contributed by atoms with Gasteiger partial charge in [-0.1, -0.05) is 30.3 Å². The van der Waals surface area contributed by atoms with Crippen LogP contribution in [0.1, 0.15) is 29.3 Å². The molecular formula is C25H27F2N5O4. The van der Waals surface area contributed by atoms with Crippen LogP contribution < -0.4 is 10.7 Å². The zero-order chi connectivity index (χ0) is 25.9. The van der Waals surface area contributed by atoms with Gasteiger partial charge in [-0.2, -0.15) is 5.01 Å². The third-order valence-corrected chi connectivity index (χ3v) is 6.45. The van der Waals surface area contributed by atoms with E-state index in [1.54, 1.807) is 11.8 Å². The average molecular weight is 500 g/mol. The number of hydrogen-bond acceptors (Lipinski definition) is 5. The molecule has 1 atom stereocenters. The first-order chi connectivity index (χ1) is 17.2. The van der Waals surface area contributed by atoms with Gasteiger partial charge in [-0.25, -0.2) is 13.6 Å². The molecule has 1 unspecified atom stereocenters. The van der Waals surface area contributed by atoms with Gasteiger partial charge in [0.05, 0.1) is 6.54 Å². The first kappa shape index (κ1) is 25.2. The molecule has 0 saturated carbocycles. The van der Waals surface area contributed by atoms with Crippen LogP contribution in [0, 0.1) is 11.6 Å². The van der Waals surface area contributed by atoms with Gasteiger partial charge in [0, 0.05) is 31.7 Å². The molecule has 190 valence electrons. The fourth-order valence-electron chi connectivity index (χ4n) is 4.28. The summed E-state index contributed by atoms with van der Waals surface area (Å²) >= 11 is 0. The zero-order valence-corrected chi connectivity index (χ0v) is 19.8. The van der Waals surface area contributed by atoms with Gasteiger partial charge in [-0.05, 0) is 43.5 Å². The van der Waals surface area contributed by atoms with E-state index in [0.717, 1.165) is 22.7 Å². The van der Waals surface area contributed by atoms with Gasteiger partial charge < -0.3 is 10.2 Å². The Bertz CT molecular complexity index is 1170. The Morgan fingerprint density at radius 2 is 1.69 bits per heavy atom. The number of carbonyl (C=O) groups excluding carboxylic acids is 4. The zero-order valence-electron chi connectivity index (χ0n) is 19.8. The number of nitrogens with one attached hydrogen (secondary N) is 2. The minimum absolute atomic E-state index is 0.0500. The summed E-state index contributed by atoms with van der Waals surface area (Å²) in [4.78, 5) is 53.7. The van der Waals surface area contributed by atoms with Gasteiger partial charge in [0.25, 0.3) is 17.7 Å². The van der Waals surface area contributed by atoms with E-state index in [0.29, 0.717) is 25.9 Å². The number of carbonyl (C=O) groups is 4. The minimum Gasteiger partial charge on any atom is -0.336 e. The summed E-state index contributed by atoms with van der Waals surface area (Å²) in [6.07, 6.45) is 0.959.